The molecule has 3 rings (SSSR count). The van der Waals surface area contributed by atoms with Gasteiger partial charge in [-0.2, -0.15) is 0 Å². The third-order valence-electron chi connectivity index (χ3n) is 4.76. The molecule has 8 nitrogen and oxygen atoms in total. The largest absolute Gasteiger partial charge is 0.490 e. The van der Waals surface area contributed by atoms with Crippen molar-refractivity contribution < 1.29 is 23.8 Å². The van der Waals surface area contributed by atoms with Gasteiger partial charge in [-0.05, 0) is 62.7 Å². The van der Waals surface area contributed by atoms with Gasteiger partial charge in [0.2, 0.25) is 5.75 Å². The minimum Gasteiger partial charge on any atom is -0.490 e. The Hall–Kier alpha value is -4.07. The summed E-state index contributed by atoms with van der Waals surface area (Å²) in [5, 5.41) is 5.73. The summed E-state index contributed by atoms with van der Waals surface area (Å²) in [4.78, 5) is 29.0. The summed E-state index contributed by atoms with van der Waals surface area (Å²) in [6, 6.07) is 14.0. The van der Waals surface area contributed by atoms with Gasteiger partial charge in [-0.1, -0.05) is 12.1 Å². The van der Waals surface area contributed by atoms with Crippen molar-refractivity contribution in [2.24, 2.45) is 0 Å². The summed E-state index contributed by atoms with van der Waals surface area (Å²) < 4.78 is 17.1. The van der Waals surface area contributed by atoms with Crippen LogP contribution >= 0.6 is 0 Å². The number of anilines is 1. The van der Waals surface area contributed by atoms with E-state index in [2.05, 4.69) is 15.6 Å². The summed E-state index contributed by atoms with van der Waals surface area (Å²) in [6.07, 6.45) is 3.13. The van der Waals surface area contributed by atoms with Crippen molar-refractivity contribution in [1.82, 2.24) is 10.3 Å². The van der Waals surface area contributed by atoms with Crippen LogP contribution in [-0.2, 0) is 6.54 Å². The van der Waals surface area contributed by atoms with Crippen molar-refractivity contribution >= 4 is 17.5 Å². The van der Waals surface area contributed by atoms with E-state index in [-0.39, 0.29) is 11.8 Å². The second-order valence-electron chi connectivity index (χ2n) is 7.18. The van der Waals surface area contributed by atoms with E-state index in [1.54, 1.807) is 42.6 Å². The number of ether oxygens (including phenoxy) is 3. The molecule has 1 aromatic heterocycles. The molecule has 0 bridgehead atoms. The van der Waals surface area contributed by atoms with E-state index in [0.29, 0.717) is 60.4 Å². The fourth-order valence-electron chi connectivity index (χ4n) is 3.21. The lowest BCUT2D eigenvalue weighted by molar-refractivity contribution is 0.0949. The fraction of sp³-hybridized carbons (Fsp3) is 0.269. The van der Waals surface area contributed by atoms with Crippen LogP contribution in [0.1, 0.15) is 47.1 Å². The minimum atomic E-state index is -0.303. The van der Waals surface area contributed by atoms with Gasteiger partial charge in [0.15, 0.2) is 11.5 Å². The second kappa shape index (κ2) is 12.2. The number of hydrogen-bond donors (Lipinski definition) is 2. The molecule has 8 heteroatoms. The highest BCUT2D eigenvalue weighted by Gasteiger charge is 2.18. The van der Waals surface area contributed by atoms with Gasteiger partial charge in [0.1, 0.15) is 0 Å². The van der Waals surface area contributed by atoms with Gasteiger partial charge in [0.25, 0.3) is 11.8 Å². The lowest BCUT2D eigenvalue weighted by Gasteiger charge is -2.17. The zero-order valence-electron chi connectivity index (χ0n) is 19.6. The third-order valence-corrected chi connectivity index (χ3v) is 4.76. The van der Waals surface area contributed by atoms with Crippen molar-refractivity contribution in [2.45, 2.75) is 27.3 Å². The molecule has 2 N–H and O–H groups in total. The summed E-state index contributed by atoms with van der Waals surface area (Å²) in [7, 11) is 0. The average molecular weight is 464 g/mol. The van der Waals surface area contributed by atoms with E-state index in [4.69, 9.17) is 14.2 Å². The van der Waals surface area contributed by atoms with Crippen LogP contribution in [0.5, 0.6) is 17.2 Å². The maximum absolute atomic E-state index is 12.9. The highest BCUT2D eigenvalue weighted by atomic mass is 16.5. The standard InChI is InChI=1S/C26H29N3O5/c1-4-32-22-14-20(15-23(33-5-2)24(22)34-6-3)26(31)29-21-11-9-18(10-12-21)16-28-25(30)19-8-7-13-27-17-19/h7-15,17H,4-6,16H2,1-3H3,(H,28,30)(H,29,31). The molecule has 0 fully saturated rings. The van der Waals surface area contributed by atoms with Gasteiger partial charge in [0.05, 0.1) is 25.4 Å². The molecular formula is C26H29N3O5. The normalized spacial score (nSPS) is 10.3. The molecule has 0 radical (unpaired) electrons. The Bertz CT molecular complexity index is 1070. The number of hydrogen-bond acceptors (Lipinski definition) is 6. The first-order chi connectivity index (χ1) is 16.5. The van der Waals surface area contributed by atoms with Gasteiger partial charge in [-0.3, -0.25) is 14.6 Å². The second-order valence-corrected chi connectivity index (χ2v) is 7.18. The molecule has 34 heavy (non-hydrogen) atoms. The van der Waals surface area contributed by atoms with Crippen LogP contribution < -0.4 is 24.8 Å². The van der Waals surface area contributed by atoms with Gasteiger partial charge in [-0.15, -0.1) is 0 Å². The van der Waals surface area contributed by atoms with E-state index in [1.165, 1.54) is 6.20 Å². The van der Waals surface area contributed by atoms with Crippen LogP contribution in [0, 0.1) is 0 Å². The lowest BCUT2D eigenvalue weighted by Crippen LogP contribution is -2.22. The molecule has 0 aliphatic carbocycles. The molecule has 0 aliphatic rings. The highest BCUT2D eigenvalue weighted by Crippen LogP contribution is 2.39. The van der Waals surface area contributed by atoms with Gasteiger partial charge < -0.3 is 24.8 Å². The SMILES string of the molecule is CCOc1cc(C(=O)Nc2ccc(CNC(=O)c3cccnc3)cc2)cc(OCC)c1OCC. The lowest BCUT2D eigenvalue weighted by atomic mass is 10.1. The monoisotopic (exact) mass is 463 g/mol. The van der Waals surface area contributed by atoms with E-state index in [0.717, 1.165) is 5.56 Å². The van der Waals surface area contributed by atoms with Gasteiger partial charge >= 0.3 is 0 Å². The molecule has 0 saturated heterocycles. The molecule has 178 valence electrons. The Balaban J connectivity index is 1.68. The van der Waals surface area contributed by atoms with Crippen molar-refractivity contribution in [3.63, 3.8) is 0 Å². The maximum Gasteiger partial charge on any atom is 0.255 e. The number of pyridine rings is 1. The number of nitrogens with zero attached hydrogens (tertiary/aromatic N) is 1. The quantitative estimate of drug-likeness (QED) is 0.436. The number of benzene rings is 2. The predicted molar refractivity (Wildman–Crippen MR) is 130 cm³/mol. The van der Waals surface area contributed by atoms with Gasteiger partial charge in [-0.25, -0.2) is 0 Å². The first-order valence-corrected chi connectivity index (χ1v) is 11.2. The van der Waals surface area contributed by atoms with Crippen LogP contribution in [0.3, 0.4) is 0 Å². The van der Waals surface area contributed by atoms with Crippen molar-refractivity contribution in [2.75, 3.05) is 25.1 Å². The molecule has 1 heterocycles. The number of aromatic nitrogens is 1. The molecule has 0 unspecified atom stereocenters. The Labute approximate surface area is 199 Å². The van der Waals surface area contributed by atoms with E-state index in [9.17, 15) is 9.59 Å². The zero-order valence-corrected chi connectivity index (χ0v) is 19.6. The molecular weight excluding hydrogens is 434 g/mol. The highest BCUT2D eigenvalue weighted by molar-refractivity contribution is 6.05. The molecule has 0 spiro atoms. The summed E-state index contributed by atoms with van der Waals surface area (Å²) in [5.41, 5.74) is 2.41. The average Bonchev–Trinajstić information content (AvgIpc) is 2.86. The summed E-state index contributed by atoms with van der Waals surface area (Å²) in [5.74, 6) is 0.902. The molecule has 3 aromatic rings. The Morgan fingerprint density at radius 1 is 0.824 bits per heavy atom. The topological polar surface area (TPSA) is 98.8 Å². The molecule has 2 amide bonds. The predicted octanol–water partition coefficient (Wildman–Crippen LogP) is 4.46. The van der Waals surface area contributed by atoms with Gasteiger partial charge in [0, 0.05) is 30.2 Å². The van der Waals surface area contributed by atoms with Crippen molar-refractivity contribution in [1.29, 1.82) is 0 Å². The van der Waals surface area contributed by atoms with E-state index in [1.807, 2.05) is 32.9 Å². The van der Waals surface area contributed by atoms with Crippen molar-refractivity contribution in [3.8, 4) is 17.2 Å². The van der Waals surface area contributed by atoms with E-state index < -0.39 is 0 Å². The van der Waals surface area contributed by atoms with Crippen LogP contribution in [0.4, 0.5) is 5.69 Å². The van der Waals surface area contributed by atoms with E-state index >= 15 is 0 Å². The smallest absolute Gasteiger partial charge is 0.255 e. The zero-order chi connectivity index (χ0) is 24.3. The number of nitrogens with one attached hydrogen (secondary N) is 2. The summed E-state index contributed by atoms with van der Waals surface area (Å²) >= 11 is 0. The number of amides is 2. The minimum absolute atomic E-state index is 0.198. The Morgan fingerprint density at radius 2 is 1.47 bits per heavy atom. The first kappa shape index (κ1) is 24.6. The fourth-order valence-corrected chi connectivity index (χ4v) is 3.21. The Morgan fingerprint density at radius 3 is 2.03 bits per heavy atom. The molecule has 0 atom stereocenters. The molecule has 0 aliphatic heterocycles. The first-order valence-electron chi connectivity index (χ1n) is 11.2. The van der Waals surface area contributed by atoms with Crippen LogP contribution in [0.2, 0.25) is 0 Å². The summed E-state index contributed by atoms with van der Waals surface area (Å²) in [6.45, 7) is 7.26. The number of rotatable bonds is 11. The van der Waals surface area contributed by atoms with Crippen LogP contribution in [-0.4, -0.2) is 36.6 Å². The molecule has 0 saturated carbocycles. The number of carbonyl (C=O) groups is 2. The van der Waals surface area contributed by atoms with Crippen LogP contribution in [0.15, 0.2) is 60.9 Å². The molecule has 2 aromatic carbocycles. The van der Waals surface area contributed by atoms with Crippen LogP contribution in [0.25, 0.3) is 0 Å². The third kappa shape index (κ3) is 6.48. The van der Waals surface area contributed by atoms with Crippen molar-refractivity contribution in [3.05, 3.63) is 77.6 Å². The number of carbonyl (C=O) groups excluding carboxylic acids is 2. The Kier molecular flexibility index (Phi) is 8.85. The maximum atomic E-state index is 12.9.